The van der Waals surface area contributed by atoms with Crippen LogP contribution in [-0.2, 0) is 13.0 Å². The van der Waals surface area contributed by atoms with Gasteiger partial charge in [0.2, 0.25) is 0 Å². The van der Waals surface area contributed by atoms with Gasteiger partial charge < -0.3 is 9.55 Å². The number of hydrogen-bond acceptors (Lipinski definition) is 2. The number of halogens is 1. The third kappa shape index (κ3) is 1.98. The van der Waals surface area contributed by atoms with Crippen LogP contribution in [0, 0.1) is 6.92 Å². The molecule has 0 amide bonds. The molecule has 1 N–H and O–H groups in total. The molecule has 22 heavy (non-hydrogen) atoms. The van der Waals surface area contributed by atoms with Crippen molar-refractivity contribution in [2.24, 2.45) is 0 Å². The van der Waals surface area contributed by atoms with Crippen LogP contribution in [0.1, 0.15) is 25.1 Å². The average molecular weight is 317 g/mol. The van der Waals surface area contributed by atoms with Gasteiger partial charge in [0.15, 0.2) is 5.43 Å². The Balaban J connectivity index is 2.76. The maximum absolute atomic E-state index is 12.8. The molecule has 0 aliphatic rings. The number of benzene rings is 1. The maximum Gasteiger partial charge on any atom is 0.259 e. The number of hydrogen-bond donors (Lipinski definition) is 1. The lowest BCUT2D eigenvalue weighted by Crippen LogP contribution is -2.22. The molecule has 5 heteroatoms. The van der Waals surface area contributed by atoms with Crippen molar-refractivity contribution in [2.45, 2.75) is 33.7 Å². The van der Waals surface area contributed by atoms with Gasteiger partial charge in [-0.25, -0.2) is 0 Å². The van der Waals surface area contributed by atoms with Crippen LogP contribution in [-0.4, -0.2) is 9.55 Å². The lowest BCUT2D eigenvalue weighted by atomic mass is 10.0. The molecule has 3 aromatic rings. The summed E-state index contributed by atoms with van der Waals surface area (Å²) >= 11 is 6.02. The molecule has 1 aromatic carbocycles. The Morgan fingerprint density at radius 1 is 1.18 bits per heavy atom. The van der Waals surface area contributed by atoms with Crippen LogP contribution < -0.4 is 11.0 Å². The van der Waals surface area contributed by atoms with Gasteiger partial charge in [-0.05, 0) is 37.3 Å². The van der Waals surface area contributed by atoms with Crippen molar-refractivity contribution in [3.8, 4) is 0 Å². The van der Waals surface area contributed by atoms with Crippen molar-refractivity contribution in [2.75, 3.05) is 0 Å². The van der Waals surface area contributed by atoms with Crippen LogP contribution >= 0.6 is 11.6 Å². The number of aryl methyl sites for hydroxylation is 3. The summed E-state index contributed by atoms with van der Waals surface area (Å²) in [5.41, 5.74) is 2.45. The summed E-state index contributed by atoms with van der Waals surface area (Å²) in [5, 5.41) is 2.33. The van der Waals surface area contributed by atoms with Crippen LogP contribution in [0.2, 0.25) is 5.02 Å². The molecule has 0 unspecified atom stereocenters. The van der Waals surface area contributed by atoms with E-state index in [0.29, 0.717) is 11.9 Å². The summed E-state index contributed by atoms with van der Waals surface area (Å²) in [5.74, 6) is 0. The number of nitrogens with one attached hydrogen (secondary N) is 1. The first-order chi connectivity index (χ1) is 10.5. The van der Waals surface area contributed by atoms with Gasteiger partial charge in [0.1, 0.15) is 0 Å². The molecule has 4 nitrogen and oxygen atoms in total. The molecule has 0 spiro atoms. The number of aromatic nitrogens is 2. The van der Waals surface area contributed by atoms with E-state index in [1.807, 2.05) is 20.0 Å². The number of nitrogens with zero attached hydrogens (tertiary/aromatic N) is 1. The number of pyridine rings is 2. The van der Waals surface area contributed by atoms with Crippen molar-refractivity contribution in [3.05, 3.63) is 55.2 Å². The predicted molar refractivity (Wildman–Crippen MR) is 91.1 cm³/mol. The fourth-order valence-corrected chi connectivity index (χ4v) is 3.24. The molecule has 0 radical (unpaired) electrons. The van der Waals surface area contributed by atoms with Gasteiger partial charge in [0, 0.05) is 29.9 Å². The third-order valence-corrected chi connectivity index (χ3v) is 4.46. The Bertz CT molecular complexity index is 1020. The van der Waals surface area contributed by atoms with E-state index < -0.39 is 0 Å². The van der Waals surface area contributed by atoms with E-state index in [1.54, 1.807) is 10.6 Å². The van der Waals surface area contributed by atoms with Gasteiger partial charge in [-0.2, -0.15) is 0 Å². The topological polar surface area (TPSA) is 54.9 Å². The summed E-state index contributed by atoms with van der Waals surface area (Å²) in [4.78, 5) is 27.8. The Labute approximate surface area is 132 Å². The van der Waals surface area contributed by atoms with E-state index in [0.717, 1.165) is 34.0 Å². The lowest BCUT2D eigenvalue weighted by Gasteiger charge is -2.16. The monoisotopic (exact) mass is 316 g/mol. The molecule has 114 valence electrons. The van der Waals surface area contributed by atoms with E-state index in [4.69, 9.17) is 11.6 Å². The van der Waals surface area contributed by atoms with Crippen LogP contribution in [0.3, 0.4) is 0 Å². The number of fused-ring (bicyclic) bond motifs is 3. The van der Waals surface area contributed by atoms with Crippen molar-refractivity contribution < 1.29 is 0 Å². The van der Waals surface area contributed by atoms with Gasteiger partial charge in [-0.15, -0.1) is 0 Å². The highest BCUT2D eigenvalue weighted by Crippen LogP contribution is 2.28. The number of H-pyrrole nitrogens is 1. The van der Waals surface area contributed by atoms with Crippen LogP contribution in [0.15, 0.2) is 27.9 Å². The fraction of sp³-hybridized carbons (Fsp3) is 0.294. The van der Waals surface area contributed by atoms with Gasteiger partial charge in [0.25, 0.3) is 5.56 Å². The normalized spacial score (nSPS) is 11.5. The summed E-state index contributed by atoms with van der Waals surface area (Å²) in [6, 6.07) is 2.98. The SMILES string of the molecule is CCc1c[nH]c(C)c2c1c1cc(Cl)c(=O)cc1c(=O)n2CC. The smallest absolute Gasteiger partial charge is 0.259 e. The Kier molecular flexibility index (Phi) is 3.57. The Morgan fingerprint density at radius 3 is 2.55 bits per heavy atom. The molecule has 3 rings (SSSR count). The molecule has 0 saturated heterocycles. The number of rotatable bonds is 2. The highest BCUT2D eigenvalue weighted by Gasteiger charge is 2.16. The largest absolute Gasteiger partial charge is 0.363 e. The minimum atomic E-state index is -0.314. The molecule has 2 heterocycles. The molecule has 0 saturated carbocycles. The summed E-state index contributed by atoms with van der Waals surface area (Å²) in [6.45, 7) is 6.49. The first kappa shape index (κ1) is 14.9. The minimum Gasteiger partial charge on any atom is -0.363 e. The molecular formula is C17H17ClN2O2. The highest BCUT2D eigenvalue weighted by atomic mass is 35.5. The molecule has 0 aliphatic heterocycles. The molecule has 2 aromatic heterocycles. The van der Waals surface area contributed by atoms with E-state index in [1.165, 1.54) is 6.07 Å². The maximum atomic E-state index is 12.8. The van der Waals surface area contributed by atoms with Crippen molar-refractivity contribution in [3.63, 3.8) is 0 Å². The zero-order chi connectivity index (χ0) is 16.0. The summed E-state index contributed by atoms with van der Waals surface area (Å²) < 4.78 is 1.72. The van der Waals surface area contributed by atoms with Crippen molar-refractivity contribution >= 4 is 33.3 Å². The first-order valence-corrected chi connectivity index (χ1v) is 7.74. The average Bonchev–Trinajstić information content (AvgIpc) is 2.50. The van der Waals surface area contributed by atoms with Gasteiger partial charge in [0.05, 0.1) is 15.9 Å². The standard InChI is InChI=1S/C17H17ClN2O2/c1-4-10-8-19-9(3)16-15(10)11-6-13(18)14(21)7-12(11)17(22)20(16)5-2/h6-8,19H,4-5H2,1-3H3. The first-order valence-electron chi connectivity index (χ1n) is 7.36. The van der Waals surface area contributed by atoms with Crippen molar-refractivity contribution in [1.29, 1.82) is 0 Å². The summed E-state index contributed by atoms with van der Waals surface area (Å²) in [6.07, 6.45) is 2.78. The molecule has 0 aliphatic carbocycles. The molecule has 0 fully saturated rings. The Morgan fingerprint density at radius 2 is 1.91 bits per heavy atom. The van der Waals surface area contributed by atoms with Crippen LogP contribution in [0.25, 0.3) is 21.7 Å². The zero-order valence-corrected chi connectivity index (χ0v) is 13.5. The fourth-order valence-electron chi connectivity index (χ4n) is 3.08. The van der Waals surface area contributed by atoms with E-state index in [-0.39, 0.29) is 16.0 Å². The lowest BCUT2D eigenvalue weighted by molar-refractivity contribution is 0.761. The Hall–Kier alpha value is -2.07. The second-order valence-electron chi connectivity index (χ2n) is 5.39. The second kappa shape index (κ2) is 5.29. The van der Waals surface area contributed by atoms with Crippen LogP contribution in [0.5, 0.6) is 0 Å². The van der Waals surface area contributed by atoms with E-state index in [9.17, 15) is 9.59 Å². The van der Waals surface area contributed by atoms with E-state index in [2.05, 4.69) is 11.9 Å². The predicted octanol–water partition coefficient (Wildman–Crippen LogP) is 3.39. The van der Waals surface area contributed by atoms with Gasteiger partial charge >= 0.3 is 0 Å². The van der Waals surface area contributed by atoms with Gasteiger partial charge in [-0.1, -0.05) is 18.5 Å². The number of aromatic amines is 1. The van der Waals surface area contributed by atoms with Gasteiger partial charge in [-0.3, -0.25) is 9.59 Å². The molecule has 0 bridgehead atoms. The highest BCUT2D eigenvalue weighted by molar-refractivity contribution is 6.31. The van der Waals surface area contributed by atoms with E-state index >= 15 is 0 Å². The molecular weight excluding hydrogens is 300 g/mol. The third-order valence-electron chi connectivity index (χ3n) is 4.16. The van der Waals surface area contributed by atoms with Crippen molar-refractivity contribution in [1.82, 2.24) is 9.55 Å². The second-order valence-corrected chi connectivity index (χ2v) is 5.80. The van der Waals surface area contributed by atoms with Crippen LogP contribution in [0.4, 0.5) is 0 Å². The zero-order valence-electron chi connectivity index (χ0n) is 12.8. The summed E-state index contributed by atoms with van der Waals surface area (Å²) in [7, 11) is 0. The minimum absolute atomic E-state index is 0.148. The quantitative estimate of drug-likeness (QED) is 0.737. The molecule has 0 atom stereocenters.